The lowest BCUT2D eigenvalue weighted by Gasteiger charge is -2.16. The summed E-state index contributed by atoms with van der Waals surface area (Å²) in [6.45, 7) is 1.71. The number of aliphatic carboxylic acids is 1. The van der Waals surface area contributed by atoms with Gasteiger partial charge in [0.25, 0.3) is 0 Å². The number of hydrogen-bond donors (Lipinski definition) is 3. The Bertz CT molecular complexity index is 242. The highest BCUT2D eigenvalue weighted by Crippen LogP contribution is 2.10. The van der Waals surface area contributed by atoms with Gasteiger partial charge in [-0.05, 0) is 13.0 Å². The Balaban J connectivity index is 2.90. The molecule has 0 fully saturated rings. The van der Waals surface area contributed by atoms with Crippen LogP contribution in [0.3, 0.4) is 0 Å². The number of allylic oxidation sites excluding steroid dienone is 1. The number of aliphatic hydroxyl groups is 1. The van der Waals surface area contributed by atoms with E-state index in [9.17, 15) is 4.79 Å². The van der Waals surface area contributed by atoms with Crippen molar-refractivity contribution in [3.8, 4) is 0 Å². The maximum absolute atomic E-state index is 10.5. The van der Waals surface area contributed by atoms with Crippen LogP contribution in [0.15, 0.2) is 23.6 Å². The van der Waals surface area contributed by atoms with Gasteiger partial charge in [-0.3, -0.25) is 0 Å². The minimum atomic E-state index is -1.01. The van der Waals surface area contributed by atoms with Crippen molar-refractivity contribution in [1.29, 1.82) is 0 Å². The molecule has 0 amide bonds. The summed E-state index contributed by atoms with van der Waals surface area (Å²) in [7, 11) is 0. The molecule has 60 valence electrons. The van der Waals surface area contributed by atoms with E-state index in [2.05, 4.69) is 5.32 Å². The minimum Gasteiger partial charge on any atom is -0.506 e. The zero-order chi connectivity index (χ0) is 8.43. The molecule has 4 heteroatoms. The van der Waals surface area contributed by atoms with Crippen LogP contribution in [0.25, 0.3) is 0 Å². The Labute approximate surface area is 63.8 Å². The van der Waals surface area contributed by atoms with Gasteiger partial charge in [-0.15, -0.1) is 0 Å². The predicted molar refractivity (Wildman–Crippen MR) is 39.0 cm³/mol. The normalized spacial score (nSPS) is 23.2. The van der Waals surface area contributed by atoms with Crippen molar-refractivity contribution in [3.63, 3.8) is 0 Å². The highest BCUT2D eigenvalue weighted by molar-refractivity contribution is 5.88. The average molecular weight is 155 g/mol. The van der Waals surface area contributed by atoms with Crippen molar-refractivity contribution in [2.75, 3.05) is 0 Å². The summed E-state index contributed by atoms with van der Waals surface area (Å²) < 4.78 is 0. The number of carboxylic acid groups (broad SMARTS) is 1. The summed E-state index contributed by atoms with van der Waals surface area (Å²) in [6, 6.07) is -0.247. The Hall–Kier alpha value is -1.45. The summed E-state index contributed by atoms with van der Waals surface area (Å²) in [5, 5.41) is 20.2. The van der Waals surface area contributed by atoms with E-state index in [0.717, 1.165) is 0 Å². The molecule has 0 aromatic carbocycles. The molecule has 0 spiro atoms. The first kappa shape index (κ1) is 7.65. The molecule has 0 radical (unpaired) electrons. The number of rotatable bonds is 1. The van der Waals surface area contributed by atoms with E-state index >= 15 is 0 Å². The lowest BCUT2D eigenvalue weighted by Crippen LogP contribution is -2.30. The molecule has 0 aromatic heterocycles. The van der Waals surface area contributed by atoms with E-state index in [1.807, 2.05) is 0 Å². The van der Waals surface area contributed by atoms with Crippen molar-refractivity contribution < 1.29 is 15.0 Å². The van der Waals surface area contributed by atoms with Gasteiger partial charge in [-0.1, -0.05) is 0 Å². The minimum absolute atomic E-state index is 0.0551. The second kappa shape index (κ2) is 2.65. The van der Waals surface area contributed by atoms with Gasteiger partial charge in [-0.2, -0.15) is 0 Å². The molecule has 1 atom stereocenters. The van der Waals surface area contributed by atoms with Crippen molar-refractivity contribution in [2.45, 2.75) is 13.0 Å². The standard InChI is InChI=1S/C7H9NO3/c1-4-6(7(10)11)2-5(9)3-8-4/h2-4,8-9H,1H3,(H,10,11). The third-order valence-electron chi connectivity index (χ3n) is 1.50. The molecular weight excluding hydrogens is 146 g/mol. The van der Waals surface area contributed by atoms with Crippen LogP contribution in [0.4, 0.5) is 0 Å². The van der Waals surface area contributed by atoms with Crippen LogP contribution in [0.2, 0.25) is 0 Å². The molecule has 1 aliphatic heterocycles. The van der Waals surface area contributed by atoms with E-state index in [1.165, 1.54) is 12.3 Å². The van der Waals surface area contributed by atoms with Gasteiger partial charge in [0.1, 0.15) is 5.76 Å². The van der Waals surface area contributed by atoms with Crippen LogP contribution in [0, 0.1) is 0 Å². The van der Waals surface area contributed by atoms with Crippen molar-refractivity contribution in [3.05, 3.63) is 23.6 Å². The summed E-state index contributed by atoms with van der Waals surface area (Å²) in [5.41, 5.74) is 0.171. The average Bonchev–Trinajstić information content (AvgIpc) is 1.94. The van der Waals surface area contributed by atoms with Gasteiger partial charge >= 0.3 is 5.97 Å². The van der Waals surface area contributed by atoms with Gasteiger partial charge < -0.3 is 15.5 Å². The second-order valence-corrected chi connectivity index (χ2v) is 2.36. The molecular formula is C7H9NO3. The first-order valence-corrected chi connectivity index (χ1v) is 3.21. The molecule has 0 aromatic rings. The Morgan fingerprint density at radius 1 is 1.73 bits per heavy atom. The topological polar surface area (TPSA) is 69.6 Å². The number of dihydropyridines is 1. The smallest absolute Gasteiger partial charge is 0.333 e. The lowest BCUT2D eigenvalue weighted by atomic mass is 10.1. The Morgan fingerprint density at radius 3 is 2.82 bits per heavy atom. The zero-order valence-electron chi connectivity index (χ0n) is 6.03. The molecule has 11 heavy (non-hydrogen) atoms. The fourth-order valence-electron chi connectivity index (χ4n) is 0.873. The van der Waals surface area contributed by atoms with E-state index in [4.69, 9.17) is 10.2 Å². The fraction of sp³-hybridized carbons (Fsp3) is 0.286. The van der Waals surface area contributed by atoms with Gasteiger partial charge in [-0.25, -0.2) is 4.79 Å². The monoisotopic (exact) mass is 155 g/mol. The maximum atomic E-state index is 10.5. The number of aliphatic hydroxyl groups excluding tert-OH is 1. The molecule has 1 aliphatic rings. The molecule has 1 unspecified atom stereocenters. The van der Waals surface area contributed by atoms with Crippen LogP contribution in [-0.2, 0) is 4.79 Å². The van der Waals surface area contributed by atoms with Crippen LogP contribution >= 0.6 is 0 Å². The first-order chi connectivity index (χ1) is 5.11. The largest absolute Gasteiger partial charge is 0.506 e. The van der Waals surface area contributed by atoms with E-state index in [1.54, 1.807) is 6.92 Å². The quantitative estimate of drug-likeness (QED) is 0.512. The molecule has 1 rings (SSSR count). The van der Waals surface area contributed by atoms with Crippen LogP contribution in [0.5, 0.6) is 0 Å². The summed E-state index contributed by atoms with van der Waals surface area (Å²) in [4.78, 5) is 10.5. The zero-order valence-corrected chi connectivity index (χ0v) is 6.03. The molecule has 4 nitrogen and oxygen atoms in total. The summed E-state index contributed by atoms with van der Waals surface area (Å²) in [6.07, 6.45) is 2.61. The van der Waals surface area contributed by atoms with Crippen LogP contribution in [0.1, 0.15) is 6.92 Å². The van der Waals surface area contributed by atoms with Gasteiger partial charge in [0, 0.05) is 6.20 Å². The molecule has 3 N–H and O–H groups in total. The third-order valence-corrected chi connectivity index (χ3v) is 1.50. The summed E-state index contributed by atoms with van der Waals surface area (Å²) in [5.74, 6) is -1.06. The van der Waals surface area contributed by atoms with Crippen molar-refractivity contribution in [2.24, 2.45) is 0 Å². The molecule has 0 aliphatic carbocycles. The highest BCUT2D eigenvalue weighted by atomic mass is 16.4. The van der Waals surface area contributed by atoms with Crippen LogP contribution < -0.4 is 5.32 Å². The van der Waals surface area contributed by atoms with Crippen molar-refractivity contribution >= 4 is 5.97 Å². The fourth-order valence-corrected chi connectivity index (χ4v) is 0.873. The molecule has 0 saturated heterocycles. The predicted octanol–water partition coefficient (Wildman–Crippen LogP) is 0.389. The third kappa shape index (κ3) is 1.52. The van der Waals surface area contributed by atoms with Crippen molar-refractivity contribution in [1.82, 2.24) is 5.32 Å². The number of carboxylic acids is 1. The van der Waals surface area contributed by atoms with E-state index < -0.39 is 5.97 Å². The van der Waals surface area contributed by atoms with E-state index in [-0.39, 0.29) is 17.4 Å². The second-order valence-electron chi connectivity index (χ2n) is 2.36. The van der Waals surface area contributed by atoms with Gasteiger partial charge in [0.15, 0.2) is 0 Å². The molecule has 0 saturated carbocycles. The number of nitrogens with one attached hydrogen (secondary N) is 1. The molecule has 0 bridgehead atoms. The van der Waals surface area contributed by atoms with Gasteiger partial charge in [0.2, 0.25) is 0 Å². The first-order valence-electron chi connectivity index (χ1n) is 3.21. The van der Waals surface area contributed by atoms with Crippen LogP contribution in [-0.4, -0.2) is 22.2 Å². The lowest BCUT2D eigenvalue weighted by molar-refractivity contribution is -0.133. The summed E-state index contributed by atoms with van der Waals surface area (Å²) >= 11 is 0. The molecule has 1 heterocycles. The Morgan fingerprint density at radius 2 is 2.36 bits per heavy atom. The number of hydrogen-bond acceptors (Lipinski definition) is 3. The van der Waals surface area contributed by atoms with E-state index in [0.29, 0.717) is 0 Å². The highest BCUT2D eigenvalue weighted by Gasteiger charge is 2.18. The number of carbonyl (C=O) groups is 1. The van der Waals surface area contributed by atoms with Gasteiger partial charge in [0.05, 0.1) is 11.6 Å². The SMILES string of the molecule is CC1NC=C(O)C=C1C(=O)O. The Kier molecular flexibility index (Phi) is 1.85. The maximum Gasteiger partial charge on any atom is 0.333 e.